The number of hydrogen-bond donors (Lipinski definition) is 2. The van der Waals surface area contributed by atoms with Gasteiger partial charge < -0.3 is 19.9 Å². The number of anilines is 1. The first-order valence-electron chi connectivity index (χ1n) is 10.0. The number of hydrogen-bond acceptors (Lipinski definition) is 7. The van der Waals surface area contributed by atoms with Crippen molar-refractivity contribution in [2.24, 2.45) is 0 Å². The molecular weight excluding hydrogens is 392 g/mol. The van der Waals surface area contributed by atoms with Crippen molar-refractivity contribution in [1.29, 1.82) is 5.41 Å². The second kappa shape index (κ2) is 9.47. The molecule has 0 aliphatic heterocycles. The van der Waals surface area contributed by atoms with Gasteiger partial charge in [0.25, 0.3) is 0 Å². The molecule has 0 fully saturated rings. The lowest BCUT2D eigenvalue weighted by Crippen LogP contribution is -2.09. The van der Waals surface area contributed by atoms with Crippen LogP contribution in [0.3, 0.4) is 0 Å². The van der Waals surface area contributed by atoms with Gasteiger partial charge in [-0.2, -0.15) is 10.2 Å². The summed E-state index contributed by atoms with van der Waals surface area (Å²) in [5.41, 5.74) is 11.0. The van der Waals surface area contributed by atoms with Crippen LogP contribution >= 0.6 is 0 Å². The van der Waals surface area contributed by atoms with Crippen molar-refractivity contribution in [2.45, 2.75) is 40.4 Å². The Hall–Kier alpha value is -3.61. The molecule has 31 heavy (non-hydrogen) atoms. The summed E-state index contributed by atoms with van der Waals surface area (Å²) in [5, 5.41) is 16.8. The zero-order chi connectivity index (χ0) is 22.5. The zero-order valence-corrected chi connectivity index (χ0v) is 18.5. The SMILES string of the molecule is COc1cc(OC(C)C)cc(C(=N)c2cc(OCc3c(C)cnnc3C)ccc2N)c1. The number of rotatable bonds is 8. The van der Waals surface area contributed by atoms with Crippen LogP contribution in [-0.4, -0.2) is 29.1 Å². The van der Waals surface area contributed by atoms with E-state index >= 15 is 0 Å². The van der Waals surface area contributed by atoms with Crippen molar-refractivity contribution in [3.63, 3.8) is 0 Å². The average Bonchev–Trinajstić information content (AvgIpc) is 2.73. The fourth-order valence-electron chi connectivity index (χ4n) is 3.17. The summed E-state index contributed by atoms with van der Waals surface area (Å²) >= 11 is 0. The van der Waals surface area contributed by atoms with Gasteiger partial charge in [0.2, 0.25) is 0 Å². The maximum absolute atomic E-state index is 8.76. The summed E-state index contributed by atoms with van der Waals surface area (Å²) in [4.78, 5) is 0. The van der Waals surface area contributed by atoms with Crippen molar-refractivity contribution >= 4 is 11.4 Å². The number of nitrogen functional groups attached to an aromatic ring is 1. The highest BCUT2D eigenvalue weighted by atomic mass is 16.5. The van der Waals surface area contributed by atoms with E-state index in [1.807, 2.05) is 33.8 Å². The van der Waals surface area contributed by atoms with Crippen LogP contribution in [0.15, 0.2) is 42.6 Å². The number of benzene rings is 2. The Morgan fingerprint density at radius 1 is 1.06 bits per heavy atom. The van der Waals surface area contributed by atoms with E-state index in [-0.39, 0.29) is 11.8 Å². The molecule has 0 amide bonds. The van der Waals surface area contributed by atoms with Gasteiger partial charge in [-0.15, -0.1) is 0 Å². The molecular formula is C24H28N4O3. The van der Waals surface area contributed by atoms with Gasteiger partial charge in [0.05, 0.1) is 30.8 Å². The lowest BCUT2D eigenvalue weighted by molar-refractivity contribution is 0.241. The summed E-state index contributed by atoms with van der Waals surface area (Å²) in [6.07, 6.45) is 1.72. The number of aromatic nitrogens is 2. The summed E-state index contributed by atoms with van der Waals surface area (Å²) < 4.78 is 17.2. The molecule has 0 unspecified atom stereocenters. The van der Waals surface area contributed by atoms with Crippen LogP contribution in [0.25, 0.3) is 0 Å². The Morgan fingerprint density at radius 2 is 1.81 bits per heavy atom. The number of methoxy groups -OCH3 is 1. The van der Waals surface area contributed by atoms with Crippen molar-refractivity contribution in [1.82, 2.24) is 10.2 Å². The van der Waals surface area contributed by atoms with Gasteiger partial charge in [-0.3, -0.25) is 5.41 Å². The summed E-state index contributed by atoms with van der Waals surface area (Å²) in [6, 6.07) is 10.7. The zero-order valence-electron chi connectivity index (χ0n) is 18.5. The minimum absolute atomic E-state index is 0.00512. The van der Waals surface area contributed by atoms with Crippen LogP contribution in [-0.2, 0) is 6.61 Å². The molecule has 7 nitrogen and oxygen atoms in total. The average molecular weight is 421 g/mol. The second-order valence-electron chi connectivity index (χ2n) is 7.57. The molecule has 0 spiro atoms. The van der Waals surface area contributed by atoms with Gasteiger partial charge in [0.1, 0.15) is 23.9 Å². The Kier molecular flexibility index (Phi) is 6.74. The van der Waals surface area contributed by atoms with Crippen molar-refractivity contribution in [3.05, 3.63) is 70.5 Å². The molecule has 3 N–H and O–H groups in total. The predicted octanol–water partition coefficient (Wildman–Crippen LogP) is 4.47. The number of nitrogens with two attached hydrogens (primary N) is 1. The number of nitrogens with one attached hydrogen (secondary N) is 1. The molecule has 0 atom stereocenters. The highest BCUT2D eigenvalue weighted by Crippen LogP contribution is 2.28. The molecule has 0 saturated carbocycles. The van der Waals surface area contributed by atoms with Crippen molar-refractivity contribution in [3.8, 4) is 17.2 Å². The van der Waals surface area contributed by atoms with Gasteiger partial charge in [-0.25, -0.2) is 0 Å². The topological polar surface area (TPSA) is 103 Å². The summed E-state index contributed by atoms with van der Waals surface area (Å²) in [6.45, 7) is 8.14. The van der Waals surface area contributed by atoms with E-state index in [0.717, 1.165) is 16.8 Å². The van der Waals surface area contributed by atoms with E-state index in [1.54, 1.807) is 43.6 Å². The minimum atomic E-state index is 0.00512. The van der Waals surface area contributed by atoms with Gasteiger partial charge in [0.15, 0.2) is 0 Å². The van der Waals surface area contributed by atoms with Crippen LogP contribution in [0.4, 0.5) is 5.69 Å². The fraction of sp³-hybridized carbons (Fsp3) is 0.292. The second-order valence-corrected chi connectivity index (χ2v) is 7.57. The first kappa shape index (κ1) is 22.1. The smallest absolute Gasteiger partial charge is 0.124 e. The third-order valence-corrected chi connectivity index (χ3v) is 4.83. The Balaban J connectivity index is 1.88. The molecule has 0 bridgehead atoms. The molecule has 0 saturated heterocycles. The quantitative estimate of drug-likeness (QED) is 0.412. The van der Waals surface area contributed by atoms with Gasteiger partial charge in [-0.05, 0) is 63.6 Å². The van der Waals surface area contributed by atoms with Gasteiger partial charge >= 0.3 is 0 Å². The third-order valence-electron chi connectivity index (χ3n) is 4.83. The fourth-order valence-corrected chi connectivity index (χ4v) is 3.17. The Bertz CT molecular complexity index is 1080. The monoisotopic (exact) mass is 420 g/mol. The number of nitrogens with zero attached hydrogens (tertiary/aromatic N) is 2. The predicted molar refractivity (Wildman–Crippen MR) is 121 cm³/mol. The van der Waals surface area contributed by atoms with Gasteiger partial charge in [-0.1, -0.05) is 0 Å². The Morgan fingerprint density at radius 3 is 2.48 bits per heavy atom. The van der Waals surface area contributed by atoms with E-state index < -0.39 is 0 Å². The molecule has 2 aromatic carbocycles. The molecule has 1 heterocycles. The van der Waals surface area contributed by atoms with E-state index in [4.69, 9.17) is 25.4 Å². The maximum Gasteiger partial charge on any atom is 0.124 e. The van der Waals surface area contributed by atoms with Crippen LogP contribution in [0.5, 0.6) is 17.2 Å². The van der Waals surface area contributed by atoms with Gasteiger partial charge in [0, 0.05) is 28.4 Å². The first-order chi connectivity index (χ1) is 14.8. The molecule has 3 rings (SSSR count). The molecule has 0 aliphatic carbocycles. The van der Waals surface area contributed by atoms with Crippen LogP contribution in [0.2, 0.25) is 0 Å². The van der Waals surface area contributed by atoms with E-state index in [9.17, 15) is 0 Å². The molecule has 1 aromatic heterocycles. The molecule has 162 valence electrons. The summed E-state index contributed by atoms with van der Waals surface area (Å²) in [5.74, 6) is 1.86. The lowest BCUT2D eigenvalue weighted by Gasteiger charge is -2.15. The third kappa shape index (κ3) is 5.31. The molecule has 0 aliphatic rings. The van der Waals surface area contributed by atoms with E-state index in [1.165, 1.54) is 0 Å². The molecule has 7 heteroatoms. The standard InChI is InChI=1S/C24H28N4O3/c1-14(2)31-20-9-17(8-19(10-20)29-5)24(26)21-11-18(6-7-23(21)25)30-13-22-15(3)12-27-28-16(22)4/h6-12,14,26H,13,25H2,1-5H3. The normalized spacial score (nSPS) is 10.8. The number of ether oxygens (including phenoxy) is 3. The lowest BCUT2D eigenvalue weighted by atomic mass is 10.00. The minimum Gasteiger partial charge on any atom is -0.497 e. The highest BCUT2D eigenvalue weighted by molar-refractivity contribution is 6.14. The summed E-state index contributed by atoms with van der Waals surface area (Å²) in [7, 11) is 1.59. The molecule has 0 radical (unpaired) electrons. The Labute approximate surface area is 182 Å². The largest absolute Gasteiger partial charge is 0.497 e. The molecule has 3 aromatic rings. The van der Waals surface area contributed by atoms with Crippen LogP contribution in [0.1, 0.15) is 41.8 Å². The van der Waals surface area contributed by atoms with Crippen molar-refractivity contribution in [2.75, 3.05) is 12.8 Å². The van der Waals surface area contributed by atoms with Crippen LogP contribution in [0, 0.1) is 19.3 Å². The van der Waals surface area contributed by atoms with Crippen LogP contribution < -0.4 is 19.9 Å². The highest BCUT2D eigenvalue weighted by Gasteiger charge is 2.14. The first-order valence-corrected chi connectivity index (χ1v) is 10.0. The number of aryl methyl sites for hydroxylation is 2. The van der Waals surface area contributed by atoms with E-state index in [2.05, 4.69) is 10.2 Å². The van der Waals surface area contributed by atoms with Crippen molar-refractivity contribution < 1.29 is 14.2 Å². The maximum atomic E-state index is 8.76. The van der Waals surface area contributed by atoms with E-state index in [0.29, 0.717) is 40.7 Å².